The molecule has 1 heterocycles. The van der Waals surface area contributed by atoms with E-state index in [9.17, 15) is 0 Å². The molecule has 0 N–H and O–H groups in total. The van der Waals surface area contributed by atoms with E-state index in [0.717, 1.165) is 13.0 Å². The minimum atomic E-state index is 1.04. The zero-order chi connectivity index (χ0) is 16.6. The molecular weight excluding hydrogens is 282 g/mol. The second-order valence-corrected chi connectivity index (χ2v) is 6.97. The highest BCUT2D eigenvalue weighted by atomic mass is 15.4. The molecule has 0 saturated carbocycles. The average molecular weight is 322 g/mol. The second kappa shape index (κ2) is 14.7. The van der Waals surface area contributed by atoms with Crippen molar-refractivity contribution in [2.75, 3.05) is 0 Å². The van der Waals surface area contributed by atoms with Crippen molar-refractivity contribution in [2.24, 2.45) is 0 Å². The molecule has 134 valence electrons. The third kappa shape index (κ3) is 11.3. The van der Waals surface area contributed by atoms with Crippen LogP contribution in [-0.2, 0) is 13.0 Å². The van der Waals surface area contributed by atoms with Crippen LogP contribution in [0.25, 0.3) is 0 Å². The summed E-state index contributed by atoms with van der Waals surface area (Å²) in [4.78, 5) is 0. The standard InChI is InChI=1S/C20H39N3/c1-3-5-7-9-11-12-14-16-18-23-19-20(21-22-23)17-15-13-10-8-6-4-2/h19H,3-18H2,1-2H3. The summed E-state index contributed by atoms with van der Waals surface area (Å²) in [6, 6.07) is 0. The Kier molecular flexibility index (Phi) is 12.9. The molecular formula is C20H39N3. The Balaban J connectivity index is 1.96. The molecule has 0 atom stereocenters. The van der Waals surface area contributed by atoms with Crippen molar-refractivity contribution in [3.63, 3.8) is 0 Å². The molecule has 0 saturated heterocycles. The molecule has 0 radical (unpaired) electrons. The van der Waals surface area contributed by atoms with E-state index in [2.05, 4.69) is 30.4 Å². The molecule has 1 aromatic heterocycles. The van der Waals surface area contributed by atoms with Crippen molar-refractivity contribution in [1.82, 2.24) is 15.0 Å². The summed E-state index contributed by atoms with van der Waals surface area (Å²) in [5, 5.41) is 8.58. The molecule has 0 aliphatic carbocycles. The van der Waals surface area contributed by atoms with Gasteiger partial charge in [0.2, 0.25) is 0 Å². The fraction of sp³-hybridized carbons (Fsp3) is 0.900. The van der Waals surface area contributed by atoms with Crippen LogP contribution < -0.4 is 0 Å². The number of aryl methyl sites for hydroxylation is 2. The molecule has 1 rings (SSSR count). The number of aromatic nitrogens is 3. The molecule has 0 spiro atoms. The summed E-state index contributed by atoms with van der Waals surface area (Å²) < 4.78 is 2.05. The van der Waals surface area contributed by atoms with Gasteiger partial charge in [0.25, 0.3) is 0 Å². The van der Waals surface area contributed by atoms with Crippen LogP contribution in [0.1, 0.15) is 109 Å². The van der Waals surface area contributed by atoms with E-state index in [1.54, 1.807) is 0 Å². The number of unbranched alkanes of at least 4 members (excludes halogenated alkanes) is 12. The van der Waals surface area contributed by atoms with Crippen molar-refractivity contribution < 1.29 is 0 Å². The van der Waals surface area contributed by atoms with E-state index in [1.807, 2.05) is 4.68 Å². The molecule has 3 heteroatoms. The van der Waals surface area contributed by atoms with Gasteiger partial charge in [-0.1, -0.05) is 96.1 Å². The fourth-order valence-electron chi connectivity index (χ4n) is 3.06. The molecule has 0 bridgehead atoms. The van der Waals surface area contributed by atoms with Crippen molar-refractivity contribution in [3.05, 3.63) is 11.9 Å². The molecule has 0 aliphatic heterocycles. The first-order chi connectivity index (χ1) is 11.4. The third-order valence-electron chi connectivity index (χ3n) is 4.61. The lowest BCUT2D eigenvalue weighted by Crippen LogP contribution is -1.98. The summed E-state index contributed by atoms with van der Waals surface area (Å²) in [5.41, 5.74) is 1.18. The Labute approximate surface area is 144 Å². The van der Waals surface area contributed by atoms with Crippen LogP contribution in [0.2, 0.25) is 0 Å². The topological polar surface area (TPSA) is 30.7 Å². The zero-order valence-corrected chi connectivity index (χ0v) is 15.7. The Morgan fingerprint density at radius 1 is 0.696 bits per heavy atom. The summed E-state index contributed by atoms with van der Waals surface area (Å²) >= 11 is 0. The molecule has 3 nitrogen and oxygen atoms in total. The van der Waals surface area contributed by atoms with Crippen LogP contribution in [-0.4, -0.2) is 15.0 Å². The van der Waals surface area contributed by atoms with Gasteiger partial charge in [0.15, 0.2) is 0 Å². The van der Waals surface area contributed by atoms with E-state index < -0.39 is 0 Å². The van der Waals surface area contributed by atoms with E-state index in [-0.39, 0.29) is 0 Å². The SMILES string of the molecule is CCCCCCCCCCn1cc(CCCCCCCC)nn1. The van der Waals surface area contributed by atoms with E-state index in [4.69, 9.17) is 0 Å². The van der Waals surface area contributed by atoms with Crippen molar-refractivity contribution >= 4 is 0 Å². The predicted molar refractivity (Wildman–Crippen MR) is 99.7 cm³/mol. The largest absolute Gasteiger partial charge is 0.252 e. The van der Waals surface area contributed by atoms with Gasteiger partial charge in [0.05, 0.1) is 5.69 Å². The Morgan fingerprint density at radius 2 is 1.22 bits per heavy atom. The summed E-state index contributed by atoms with van der Waals surface area (Å²) in [7, 11) is 0. The van der Waals surface area contributed by atoms with Crippen LogP contribution in [0, 0.1) is 0 Å². The Bertz CT molecular complexity index is 360. The van der Waals surface area contributed by atoms with E-state index in [0.29, 0.717) is 0 Å². The van der Waals surface area contributed by atoms with Crippen molar-refractivity contribution in [3.8, 4) is 0 Å². The van der Waals surface area contributed by atoms with Crippen LogP contribution in [0.15, 0.2) is 6.20 Å². The first-order valence-electron chi connectivity index (χ1n) is 10.3. The molecule has 0 amide bonds. The Hall–Kier alpha value is -0.860. The van der Waals surface area contributed by atoms with E-state index >= 15 is 0 Å². The first kappa shape index (κ1) is 20.2. The third-order valence-corrected chi connectivity index (χ3v) is 4.61. The number of hydrogen-bond donors (Lipinski definition) is 0. The van der Waals surface area contributed by atoms with Gasteiger partial charge in [0.1, 0.15) is 0 Å². The van der Waals surface area contributed by atoms with Crippen LogP contribution in [0.5, 0.6) is 0 Å². The van der Waals surface area contributed by atoms with Crippen molar-refractivity contribution in [1.29, 1.82) is 0 Å². The predicted octanol–water partition coefficient (Wildman–Crippen LogP) is 6.32. The second-order valence-electron chi connectivity index (χ2n) is 6.97. The summed E-state index contributed by atoms with van der Waals surface area (Å²) in [6.45, 7) is 5.59. The van der Waals surface area contributed by atoms with Crippen LogP contribution in [0.4, 0.5) is 0 Å². The van der Waals surface area contributed by atoms with Crippen LogP contribution in [0.3, 0.4) is 0 Å². The first-order valence-corrected chi connectivity index (χ1v) is 10.3. The number of rotatable bonds is 16. The van der Waals surface area contributed by atoms with Crippen molar-refractivity contribution in [2.45, 2.75) is 117 Å². The lowest BCUT2D eigenvalue weighted by molar-refractivity contribution is 0.510. The number of nitrogens with zero attached hydrogens (tertiary/aromatic N) is 3. The fourth-order valence-corrected chi connectivity index (χ4v) is 3.06. The number of hydrogen-bond acceptors (Lipinski definition) is 2. The van der Waals surface area contributed by atoms with Gasteiger partial charge in [0, 0.05) is 12.7 Å². The Morgan fingerprint density at radius 3 is 1.83 bits per heavy atom. The van der Waals surface area contributed by atoms with Gasteiger partial charge in [-0.05, 0) is 19.3 Å². The van der Waals surface area contributed by atoms with Gasteiger partial charge in [-0.15, -0.1) is 5.10 Å². The maximum absolute atomic E-state index is 4.31. The summed E-state index contributed by atoms with van der Waals surface area (Å²) in [5.74, 6) is 0. The highest BCUT2D eigenvalue weighted by molar-refractivity contribution is 4.92. The van der Waals surface area contributed by atoms with E-state index in [1.165, 1.54) is 95.6 Å². The lowest BCUT2D eigenvalue weighted by Gasteiger charge is -2.02. The highest BCUT2D eigenvalue weighted by Crippen LogP contribution is 2.10. The maximum Gasteiger partial charge on any atom is 0.0827 e. The molecule has 23 heavy (non-hydrogen) atoms. The zero-order valence-electron chi connectivity index (χ0n) is 15.7. The van der Waals surface area contributed by atoms with Gasteiger partial charge in [-0.2, -0.15) is 0 Å². The van der Waals surface area contributed by atoms with Gasteiger partial charge in [-0.3, -0.25) is 4.68 Å². The normalized spacial score (nSPS) is 11.2. The molecule has 0 fully saturated rings. The molecule has 1 aromatic rings. The molecule has 0 unspecified atom stereocenters. The smallest absolute Gasteiger partial charge is 0.0827 e. The van der Waals surface area contributed by atoms with Crippen LogP contribution >= 0.6 is 0 Å². The maximum atomic E-state index is 4.31. The average Bonchev–Trinajstić information content (AvgIpc) is 3.01. The quantitative estimate of drug-likeness (QED) is 0.333. The lowest BCUT2D eigenvalue weighted by atomic mass is 10.1. The minimum absolute atomic E-state index is 1.04. The highest BCUT2D eigenvalue weighted by Gasteiger charge is 2.01. The molecule has 0 aliphatic rings. The van der Waals surface area contributed by atoms with Gasteiger partial charge < -0.3 is 0 Å². The summed E-state index contributed by atoms with van der Waals surface area (Å²) in [6.07, 6.45) is 22.3. The van der Waals surface area contributed by atoms with Gasteiger partial charge in [-0.25, -0.2) is 0 Å². The monoisotopic (exact) mass is 321 g/mol. The van der Waals surface area contributed by atoms with Gasteiger partial charge >= 0.3 is 0 Å². The molecule has 0 aromatic carbocycles. The minimum Gasteiger partial charge on any atom is -0.252 e.